The maximum Gasteiger partial charge on any atom is 0.328 e. The summed E-state index contributed by atoms with van der Waals surface area (Å²) in [6.07, 6.45) is 4.01. The van der Waals surface area contributed by atoms with Crippen molar-refractivity contribution < 1.29 is 14.8 Å². The number of hydrogen-bond donors (Lipinski definition) is 1. The Balaban J connectivity index is 3.12. The molecule has 16 heavy (non-hydrogen) atoms. The summed E-state index contributed by atoms with van der Waals surface area (Å²) in [4.78, 5) is 21.1. The van der Waals surface area contributed by atoms with Crippen LogP contribution in [0.5, 0.6) is 0 Å². The van der Waals surface area contributed by atoms with E-state index in [1.165, 1.54) is 23.9 Å². The number of carboxylic acid groups (broad SMARTS) is 1. The van der Waals surface area contributed by atoms with Crippen molar-refractivity contribution in [2.24, 2.45) is 0 Å². The van der Waals surface area contributed by atoms with Gasteiger partial charge in [-0.05, 0) is 24.0 Å². The first-order valence-electron chi connectivity index (χ1n) is 4.28. The second-order valence-corrected chi connectivity index (χ2v) is 3.71. The summed E-state index contributed by atoms with van der Waals surface area (Å²) in [7, 11) is 0. The standard InChI is InChI=1S/C10H9NO4S/c1-16-9-4-2-7(3-5-10(12)13)6-8(9)11(14)15/h2-6H,1H3,(H,12,13). The van der Waals surface area contributed by atoms with Crippen LogP contribution in [0.25, 0.3) is 6.08 Å². The zero-order chi connectivity index (χ0) is 12.1. The SMILES string of the molecule is CSc1ccc(C=CC(=O)O)cc1[N+](=O)[O-]. The fraction of sp³-hybridized carbons (Fsp3) is 0.100. The van der Waals surface area contributed by atoms with Crippen molar-refractivity contribution >= 4 is 29.5 Å². The van der Waals surface area contributed by atoms with Crippen LogP contribution in [0.2, 0.25) is 0 Å². The summed E-state index contributed by atoms with van der Waals surface area (Å²) < 4.78 is 0. The van der Waals surface area contributed by atoms with Gasteiger partial charge in [0.05, 0.1) is 9.82 Å². The van der Waals surface area contributed by atoms with E-state index < -0.39 is 10.9 Å². The molecule has 0 radical (unpaired) electrons. The fourth-order valence-corrected chi connectivity index (χ4v) is 1.67. The summed E-state index contributed by atoms with van der Waals surface area (Å²) >= 11 is 1.27. The maximum absolute atomic E-state index is 10.7. The van der Waals surface area contributed by atoms with Gasteiger partial charge >= 0.3 is 5.97 Å². The minimum absolute atomic E-state index is 0.0139. The van der Waals surface area contributed by atoms with Gasteiger partial charge in [0.25, 0.3) is 5.69 Å². The highest BCUT2D eigenvalue weighted by molar-refractivity contribution is 7.98. The van der Waals surface area contributed by atoms with Crippen LogP contribution in [-0.2, 0) is 4.79 Å². The predicted molar refractivity (Wildman–Crippen MR) is 61.5 cm³/mol. The largest absolute Gasteiger partial charge is 0.478 e. The van der Waals surface area contributed by atoms with Crippen molar-refractivity contribution in [1.29, 1.82) is 0 Å². The molecule has 0 fully saturated rings. The van der Waals surface area contributed by atoms with E-state index in [1.54, 1.807) is 18.4 Å². The summed E-state index contributed by atoms with van der Waals surface area (Å²) in [6.45, 7) is 0. The van der Waals surface area contributed by atoms with Gasteiger partial charge in [-0.3, -0.25) is 10.1 Å². The van der Waals surface area contributed by atoms with Gasteiger partial charge in [0.15, 0.2) is 0 Å². The molecule has 1 aromatic carbocycles. The third-order valence-electron chi connectivity index (χ3n) is 1.82. The van der Waals surface area contributed by atoms with Crippen LogP contribution >= 0.6 is 11.8 Å². The Morgan fingerprint density at radius 2 is 2.25 bits per heavy atom. The normalized spacial score (nSPS) is 10.6. The van der Waals surface area contributed by atoms with E-state index >= 15 is 0 Å². The highest BCUT2D eigenvalue weighted by atomic mass is 32.2. The number of aliphatic carboxylic acids is 1. The molecule has 0 amide bonds. The Hall–Kier alpha value is -1.82. The molecule has 0 unspecified atom stereocenters. The van der Waals surface area contributed by atoms with Crippen molar-refractivity contribution in [3.05, 3.63) is 40.0 Å². The molecule has 0 aliphatic rings. The van der Waals surface area contributed by atoms with E-state index in [0.29, 0.717) is 10.5 Å². The number of nitrogens with zero attached hydrogens (tertiary/aromatic N) is 1. The lowest BCUT2D eigenvalue weighted by Crippen LogP contribution is -1.91. The number of benzene rings is 1. The molecular formula is C10H9NO4S. The lowest BCUT2D eigenvalue weighted by molar-refractivity contribution is -0.387. The lowest BCUT2D eigenvalue weighted by Gasteiger charge is -2.00. The van der Waals surface area contributed by atoms with Gasteiger partial charge in [-0.15, -0.1) is 11.8 Å². The van der Waals surface area contributed by atoms with Gasteiger partial charge in [0, 0.05) is 12.1 Å². The quantitative estimate of drug-likeness (QED) is 0.377. The van der Waals surface area contributed by atoms with E-state index in [4.69, 9.17) is 5.11 Å². The maximum atomic E-state index is 10.7. The van der Waals surface area contributed by atoms with Crippen molar-refractivity contribution in [1.82, 2.24) is 0 Å². The number of thioether (sulfide) groups is 1. The average Bonchev–Trinajstić information content (AvgIpc) is 2.25. The van der Waals surface area contributed by atoms with Crippen LogP contribution in [0.15, 0.2) is 29.2 Å². The Morgan fingerprint density at radius 1 is 1.56 bits per heavy atom. The zero-order valence-electron chi connectivity index (χ0n) is 8.41. The molecule has 0 heterocycles. The molecule has 0 aromatic heterocycles. The number of hydrogen-bond acceptors (Lipinski definition) is 4. The van der Waals surface area contributed by atoms with Crippen LogP contribution < -0.4 is 0 Å². The highest BCUT2D eigenvalue weighted by Gasteiger charge is 2.12. The van der Waals surface area contributed by atoms with Gasteiger partial charge in [-0.2, -0.15) is 0 Å². The molecule has 1 aromatic rings. The minimum Gasteiger partial charge on any atom is -0.478 e. The summed E-state index contributed by atoms with van der Waals surface area (Å²) in [6, 6.07) is 4.59. The Morgan fingerprint density at radius 3 is 2.75 bits per heavy atom. The first-order chi connectivity index (χ1) is 7.54. The Kier molecular flexibility index (Phi) is 4.07. The van der Waals surface area contributed by atoms with Crippen molar-refractivity contribution in [3.63, 3.8) is 0 Å². The average molecular weight is 239 g/mol. The molecule has 1 rings (SSSR count). The summed E-state index contributed by atoms with van der Waals surface area (Å²) in [5.41, 5.74) is 0.479. The topological polar surface area (TPSA) is 80.4 Å². The van der Waals surface area contributed by atoms with Crippen LogP contribution in [0.3, 0.4) is 0 Å². The Labute approximate surface area is 95.9 Å². The monoisotopic (exact) mass is 239 g/mol. The molecule has 0 aliphatic carbocycles. The number of nitro benzene ring substituents is 1. The predicted octanol–water partition coefficient (Wildman–Crippen LogP) is 2.41. The summed E-state index contributed by atoms with van der Waals surface area (Å²) in [5, 5.41) is 19.2. The molecular weight excluding hydrogens is 230 g/mol. The minimum atomic E-state index is -1.09. The van der Waals surface area contributed by atoms with E-state index in [2.05, 4.69) is 0 Å². The molecule has 0 saturated carbocycles. The number of rotatable bonds is 4. The van der Waals surface area contributed by atoms with Crippen LogP contribution in [-0.4, -0.2) is 22.3 Å². The smallest absolute Gasteiger partial charge is 0.328 e. The van der Waals surface area contributed by atoms with Crippen molar-refractivity contribution in [2.75, 3.05) is 6.26 Å². The Bertz CT molecular complexity index is 456. The van der Waals surface area contributed by atoms with E-state index in [0.717, 1.165) is 6.08 Å². The second-order valence-electron chi connectivity index (χ2n) is 2.86. The molecule has 0 saturated heterocycles. The first kappa shape index (κ1) is 12.3. The van der Waals surface area contributed by atoms with Crippen LogP contribution in [0.4, 0.5) is 5.69 Å². The van der Waals surface area contributed by atoms with E-state index in [9.17, 15) is 14.9 Å². The van der Waals surface area contributed by atoms with E-state index in [1.807, 2.05) is 0 Å². The van der Waals surface area contributed by atoms with Crippen molar-refractivity contribution in [3.8, 4) is 0 Å². The van der Waals surface area contributed by atoms with E-state index in [-0.39, 0.29) is 5.69 Å². The highest BCUT2D eigenvalue weighted by Crippen LogP contribution is 2.28. The van der Waals surface area contributed by atoms with Gasteiger partial charge in [-0.25, -0.2) is 4.79 Å². The third-order valence-corrected chi connectivity index (χ3v) is 2.60. The second kappa shape index (κ2) is 5.32. The molecule has 0 spiro atoms. The molecule has 6 heteroatoms. The summed E-state index contributed by atoms with van der Waals surface area (Å²) in [5.74, 6) is -1.09. The molecule has 84 valence electrons. The lowest BCUT2D eigenvalue weighted by atomic mass is 10.2. The van der Waals surface area contributed by atoms with Crippen LogP contribution in [0, 0.1) is 10.1 Å². The van der Waals surface area contributed by atoms with Crippen LogP contribution in [0.1, 0.15) is 5.56 Å². The number of carbonyl (C=O) groups is 1. The van der Waals surface area contributed by atoms with Crippen molar-refractivity contribution in [2.45, 2.75) is 4.90 Å². The first-order valence-corrected chi connectivity index (χ1v) is 5.50. The zero-order valence-corrected chi connectivity index (χ0v) is 9.23. The van der Waals surface area contributed by atoms with Gasteiger partial charge in [-0.1, -0.05) is 6.07 Å². The van der Waals surface area contributed by atoms with Gasteiger partial charge < -0.3 is 5.11 Å². The van der Waals surface area contributed by atoms with Gasteiger partial charge in [0.1, 0.15) is 0 Å². The molecule has 0 bridgehead atoms. The van der Waals surface area contributed by atoms with Gasteiger partial charge in [0.2, 0.25) is 0 Å². The molecule has 0 atom stereocenters. The fourth-order valence-electron chi connectivity index (χ4n) is 1.12. The molecule has 5 nitrogen and oxygen atoms in total. The number of nitro groups is 1. The number of carboxylic acids is 1. The molecule has 1 N–H and O–H groups in total. The molecule has 0 aliphatic heterocycles. The third kappa shape index (κ3) is 3.09.